The number of nitrogens with zero attached hydrogens (tertiary/aromatic N) is 3. The summed E-state index contributed by atoms with van der Waals surface area (Å²) >= 11 is 3.26. The largest absolute Gasteiger partial charge is 0.465 e. The zero-order valence-electron chi connectivity index (χ0n) is 9.63. The number of carbonyl (C=O) groups excluding carboxylic acids is 1. The maximum absolute atomic E-state index is 11.3. The predicted molar refractivity (Wildman–Crippen MR) is 69.0 cm³/mol. The minimum Gasteiger partial charge on any atom is -0.465 e. The second kappa shape index (κ2) is 5.18. The van der Waals surface area contributed by atoms with Gasteiger partial charge in [-0.1, -0.05) is 12.1 Å². The summed E-state index contributed by atoms with van der Waals surface area (Å²) in [4.78, 5) is 15.2. The Morgan fingerprint density at radius 2 is 2.11 bits per heavy atom. The lowest BCUT2D eigenvalue weighted by Crippen LogP contribution is -2.04. The molecular formula is C11H11BrN4O2. The van der Waals surface area contributed by atoms with E-state index in [0.717, 1.165) is 5.56 Å². The number of anilines is 1. The van der Waals surface area contributed by atoms with Crippen molar-refractivity contribution in [1.82, 2.24) is 14.8 Å². The van der Waals surface area contributed by atoms with Gasteiger partial charge in [0.1, 0.15) is 0 Å². The zero-order valence-corrected chi connectivity index (χ0v) is 11.2. The quantitative estimate of drug-likeness (QED) is 0.868. The molecule has 1 aromatic heterocycles. The van der Waals surface area contributed by atoms with Crippen LogP contribution in [0.5, 0.6) is 0 Å². The number of aromatic nitrogens is 3. The third-order valence-electron chi connectivity index (χ3n) is 2.35. The Kier molecular flexibility index (Phi) is 3.61. The molecule has 2 aromatic rings. The van der Waals surface area contributed by atoms with E-state index in [2.05, 4.69) is 30.7 Å². The van der Waals surface area contributed by atoms with Gasteiger partial charge in [-0.25, -0.2) is 9.48 Å². The lowest BCUT2D eigenvalue weighted by molar-refractivity contribution is 0.0600. The molecule has 0 aliphatic heterocycles. The van der Waals surface area contributed by atoms with Crippen LogP contribution in [0.4, 0.5) is 5.95 Å². The Hall–Kier alpha value is -1.89. The van der Waals surface area contributed by atoms with Gasteiger partial charge in [-0.2, -0.15) is 4.98 Å². The molecule has 0 spiro atoms. The number of hydrogen-bond acceptors (Lipinski definition) is 5. The van der Waals surface area contributed by atoms with Crippen molar-refractivity contribution in [3.05, 3.63) is 40.1 Å². The molecule has 0 aliphatic carbocycles. The highest BCUT2D eigenvalue weighted by Crippen LogP contribution is 2.12. The number of ether oxygens (including phenoxy) is 1. The van der Waals surface area contributed by atoms with Gasteiger partial charge in [0, 0.05) is 0 Å². The first-order chi connectivity index (χ1) is 8.60. The molecule has 18 heavy (non-hydrogen) atoms. The monoisotopic (exact) mass is 310 g/mol. The molecule has 0 radical (unpaired) electrons. The van der Waals surface area contributed by atoms with E-state index >= 15 is 0 Å². The Balaban J connectivity index is 2.16. The lowest BCUT2D eigenvalue weighted by Gasteiger charge is -2.04. The maximum Gasteiger partial charge on any atom is 0.337 e. The van der Waals surface area contributed by atoms with Crippen molar-refractivity contribution < 1.29 is 9.53 Å². The first-order valence-electron chi connectivity index (χ1n) is 5.13. The normalized spacial score (nSPS) is 10.3. The number of methoxy groups -OCH3 is 1. The number of esters is 1. The van der Waals surface area contributed by atoms with Crippen LogP contribution in [0.15, 0.2) is 29.0 Å². The van der Waals surface area contributed by atoms with Crippen molar-refractivity contribution in [2.24, 2.45) is 0 Å². The molecule has 0 saturated carbocycles. The van der Waals surface area contributed by atoms with Crippen LogP contribution in [0.25, 0.3) is 0 Å². The van der Waals surface area contributed by atoms with E-state index in [-0.39, 0.29) is 11.9 Å². The molecule has 0 atom stereocenters. The molecule has 0 saturated heterocycles. The van der Waals surface area contributed by atoms with Gasteiger partial charge in [-0.05, 0) is 33.6 Å². The number of halogens is 1. The molecule has 6 nitrogen and oxygen atoms in total. The van der Waals surface area contributed by atoms with Crippen molar-refractivity contribution in [1.29, 1.82) is 0 Å². The molecule has 7 heteroatoms. The van der Waals surface area contributed by atoms with Gasteiger partial charge in [-0.15, -0.1) is 5.10 Å². The van der Waals surface area contributed by atoms with Gasteiger partial charge in [0.2, 0.25) is 5.95 Å². The molecular weight excluding hydrogens is 300 g/mol. The zero-order chi connectivity index (χ0) is 13.1. The van der Waals surface area contributed by atoms with Crippen LogP contribution >= 0.6 is 15.9 Å². The minimum atomic E-state index is -0.354. The Morgan fingerprint density at radius 1 is 1.44 bits per heavy atom. The fraction of sp³-hybridized carbons (Fsp3) is 0.182. The first-order valence-corrected chi connectivity index (χ1v) is 5.92. The number of carbonyl (C=O) groups is 1. The highest BCUT2D eigenvalue weighted by atomic mass is 79.9. The summed E-state index contributed by atoms with van der Waals surface area (Å²) < 4.78 is 6.82. The summed E-state index contributed by atoms with van der Waals surface area (Å²) in [6.07, 6.45) is 0. The predicted octanol–water partition coefficient (Wildman–Crippen LogP) is 1.46. The van der Waals surface area contributed by atoms with Crippen LogP contribution in [0.1, 0.15) is 15.9 Å². The van der Waals surface area contributed by atoms with Crippen LogP contribution < -0.4 is 5.73 Å². The molecule has 94 valence electrons. The SMILES string of the molecule is COC(=O)c1ccc(Cn2nc(N)nc2Br)cc1. The number of rotatable bonds is 3. The van der Waals surface area contributed by atoms with Crippen molar-refractivity contribution >= 4 is 27.8 Å². The first kappa shape index (κ1) is 12.6. The van der Waals surface area contributed by atoms with Crippen molar-refractivity contribution in [3.8, 4) is 0 Å². The summed E-state index contributed by atoms with van der Waals surface area (Å²) in [5.74, 6) is -0.138. The maximum atomic E-state index is 11.3. The van der Waals surface area contributed by atoms with Gasteiger partial charge in [-0.3, -0.25) is 0 Å². The van der Waals surface area contributed by atoms with Gasteiger partial charge in [0.05, 0.1) is 19.2 Å². The van der Waals surface area contributed by atoms with E-state index in [9.17, 15) is 4.79 Å². The molecule has 1 heterocycles. The number of nitrogens with two attached hydrogens (primary N) is 1. The molecule has 0 fully saturated rings. The molecule has 2 rings (SSSR count). The second-order valence-electron chi connectivity index (χ2n) is 3.59. The topological polar surface area (TPSA) is 83.0 Å². The molecule has 0 bridgehead atoms. The van der Waals surface area contributed by atoms with Crippen LogP contribution in [-0.2, 0) is 11.3 Å². The van der Waals surface area contributed by atoms with E-state index in [0.29, 0.717) is 16.8 Å². The molecule has 1 aromatic carbocycles. The van der Waals surface area contributed by atoms with Crippen LogP contribution in [0.2, 0.25) is 0 Å². The third-order valence-corrected chi connectivity index (χ3v) is 2.94. The van der Waals surface area contributed by atoms with Gasteiger partial charge >= 0.3 is 5.97 Å². The van der Waals surface area contributed by atoms with Gasteiger partial charge in [0.25, 0.3) is 0 Å². The fourth-order valence-electron chi connectivity index (χ4n) is 1.48. The van der Waals surface area contributed by atoms with E-state index in [1.165, 1.54) is 7.11 Å². The average molecular weight is 311 g/mol. The van der Waals surface area contributed by atoms with E-state index in [4.69, 9.17) is 5.73 Å². The molecule has 0 aliphatic rings. The number of hydrogen-bond donors (Lipinski definition) is 1. The van der Waals surface area contributed by atoms with Crippen molar-refractivity contribution in [2.45, 2.75) is 6.54 Å². The fourth-order valence-corrected chi connectivity index (χ4v) is 1.86. The highest BCUT2D eigenvalue weighted by Gasteiger charge is 2.07. The third kappa shape index (κ3) is 2.67. The van der Waals surface area contributed by atoms with Gasteiger partial charge < -0.3 is 10.5 Å². The van der Waals surface area contributed by atoms with Crippen molar-refractivity contribution in [3.63, 3.8) is 0 Å². The van der Waals surface area contributed by atoms with E-state index < -0.39 is 0 Å². The van der Waals surface area contributed by atoms with Crippen LogP contribution in [0.3, 0.4) is 0 Å². The molecule has 2 N–H and O–H groups in total. The second-order valence-corrected chi connectivity index (χ2v) is 4.29. The summed E-state index contributed by atoms with van der Waals surface area (Å²) in [6.45, 7) is 0.520. The number of benzene rings is 1. The summed E-state index contributed by atoms with van der Waals surface area (Å²) in [6, 6.07) is 7.07. The summed E-state index contributed by atoms with van der Waals surface area (Å²) in [5.41, 5.74) is 6.97. The summed E-state index contributed by atoms with van der Waals surface area (Å²) in [5, 5.41) is 4.02. The van der Waals surface area contributed by atoms with Gasteiger partial charge in [0.15, 0.2) is 4.73 Å². The van der Waals surface area contributed by atoms with E-state index in [1.54, 1.807) is 16.8 Å². The highest BCUT2D eigenvalue weighted by molar-refractivity contribution is 9.10. The lowest BCUT2D eigenvalue weighted by atomic mass is 10.1. The van der Waals surface area contributed by atoms with Crippen molar-refractivity contribution in [2.75, 3.05) is 12.8 Å². The van der Waals surface area contributed by atoms with Crippen LogP contribution in [0, 0.1) is 0 Å². The smallest absolute Gasteiger partial charge is 0.337 e. The Labute approximate surface area is 112 Å². The Morgan fingerprint density at radius 3 is 2.61 bits per heavy atom. The Bertz CT molecular complexity index is 565. The average Bonchev–Trinajstić information content (AvgIpc) is 2.68. The number of nitrogen functional groups attached to an aromatic ring is 1. The molecule has 0 amide bonds. The standard InChI is InChI=1S/C11H11BrN4O2/c1-18-9(17)8-4-2-7(3-5-8)6-16-10(12)14-11(13)15-16/h2-5H,6H2,1H3,(H2,13,15). The molecule has 0 unspecified atom stereocenters. The van der Waals surface area contributed by atoms with Crippen LogP contribution in [-0.4, -0.2) is 27.8 Å². The van der Waals surface area contributed by atoms with E-state index in [1.807, 2.05) is 12.1 Å². The minimum absolute atomic E-state index is 0.216. The summed E-state index contributed by atoms with van der Waals surface area (Å²) in [7, 11) is 1.35.